The van der Waals surface area contributed by atoms with Gasteiger partial charge in [-0.05, 0) is 49.7 Å². The molecule has 0 aliphatic rings. The van der Waals surface area contributed by atoms with Crippen molar-refractivity contribution in [1.29, 1.82) is 0 Å². The van der Waals surface area contributed by atoms with Crippen LogP contribution in [0.1, 0.15) is 18.2 Å². The van der Waals surface area contributed by atoms with Crippen LogP contribution in [0.3, 0.4) is 0 Å². The second-order valence-corrected chi connectivity index (χ2v) is 8.78. The average molecular weight is 451 g/mol. The molecule has 9 nitrogen and oxygen atoms in total. The van der Waals surface area contributed by atoms with Crippen LogP contribution in [0.25, 0.3) is 11.3 Å². The molecule has 32 heavy (non-hydrogen) atoms. The first kappa shape index (κ1) is 21.3. The SMILES string of the molecule is CCc1c(C)noc1NS(=O)(=O)c1ccc(Nc2cc(-c3cccc(N)c3)ncn2)cc1. The zero-order chi connectivity index (χ0) is 22.7. The molecule has 0 spiro atoms. The van der Waals surface area contributed by atoms with Gasteiger partial charge in [0.25, 0.3) is 10.0 Å². The number of nitrogens with two attached hydrogens (primary N) is 1. The van der Waals surface area contributed by atoms with Crippen LogP contribution in [0.15, 0.2) is 70.3 Å². The first-order chi connectivity index (χ1) is 15.4. The molecule has 0 radical (unpaired) electrons. The lowest BCUT2D eigenvalue weighted by Crippen LogP contribution is -2.13. The van der Waals surface area contributed by atoms with Crippen LogP contribution >= 0.6 is 0 Å². The Morgan fingerprint density at radius 2 is 1.84 bits per heavy atom. The predicted octanol–water partition coefficient (Wildman–Crippen LogP) is 4.13. The number of rotatable bonds is 7. The van der Waals surface area contributed by atoms with E-state index in [1.165, 1.54) is 18.5 Å². The lowest BCUT2D eigenvalue weighted by atomic mass is 10.1. The van der Waals surface area contributed by atoms with Gasteiger partial charge in [0.1, 0.15) is 12.1 Å². The van der Waals surface area contributed by atoms with Crippen LogP contribution in [0.5, 0.6) is 0 Å². The molecule has 2 aromatic heterocycles. The second kappa shape index (κ2) is 8.67. The van der Waals surface area contributed by atoms with E-state index >= 15 is 0 Å². The van der Waals surface area contributed by atoms with E-state index < -0.39 is 10.0 Å². The van der Waals surface area contributed by atoms with Crippen LogP contribution in [0, 0.1) is 6.92 Å². The molecular formula is C22H22N6O3S. The first-order valence-corrected chi connectivity index (χ1v) is 11.4. The van der Waals surface area contributed by atoms with Gasteiger partial charge in [0.05, 0.1) is 16.3 Å². The quantitative estimate of drug-likeness (QED) is 0.358. The van der Waals surface area contributed by atoms with Crippen LogP contribution < -0.4 is 15.8 Å². The number of aryl methyl sites for hydroxylation is 1. The highest BCUT2D eigenvalue weighted by molar-refractivity contribution is 7.92. The maximum Gasteiger partial charge on any atom is 0.264 e. The first-order valence-electron chi connectivity index (χ1n) is 9.88. The van der Waals surface area contributed by atoms with Crippen molar-refractivity contribution in [2.24, 2.45) is 0 Å². The molecule has 0 fully saturated rings. The summed E-state index contributed by atoms with van der Waals surface area (Å²) in [4.78, 5) is 8.61. The number of benzene rings is 2. The average Bonchev–Trinajstić information content (AvgIpc) is 3.12. The van der Waals surface area contributed by atoms with E-state index in [0.29, 0.717) is 35.0 Å². The van der Waals surface area contributed by atoms with E-state index in [-0.39, 0.29) is 10.8 Å². The summed E-state index contributed by atoms with van der Waals surface area (Å²) in [7, 11) is -3.82. The van der Waals surface area contributed by atoms with Crippen molar-refractivity contribution in [2.45, 2.75) is 25.2 Å². The third-order valence-electron chi connectivity index (χ3n) is 4.85. The third-order valence-corrected chi connectivity index (χ3v) is 6.20. The Kier molecular flexibility index (Phi) is 5.78. The number of aromatic nitrogens is 3. The minimum absolute atomic E-state index is 0.0993. The normalized spacial score (nSPS) is 11.3. The minimum Gasteiger partial charge on any atom is -0.399 e. The second-order valence-electron chi connectivity index (χ2n) is 7.10. The van der Waals surface area contributed by atoms with Gasteiger partial charge in [-0.25, -0.2) is 23.1 Å². The molecule has 0 saturated carbocycles. The topological polar surface area (TPSA) is 136 Å². The highest BCUT2D eigenvalue weighted by atomic mass is 32.2. The van der Waals surface area contributed by atoms with Crippen molar-refractivity contribution in [2.75, 3.05) is 15.8 Å². The number of nitrogens with one attached hydrogen (secondary N) is 2. The van der Waals surface area contributed by atoms with Gasteiger partial charge in [0, 0.05) is 28.6 Å². The van der Waals surface area contributed by atoms with E-state index in [1.807, 2.05) is 25.1 Å². The van der Waals surface area contributed by atoms with Gasteiger partial charge in [-0.1, -0.05) is 24.2 Å². The molecule has 0 bridgehead atoms. The van der Waals surface area contributed by atoms with Crippen molar-refractivity contribution < 1.29 is 12.9 Å². The maximum absolute atomic E-state index is 12.7. The van der Waals surface area contributed by atoms with Crippen molar-refractivity contribution in [1.82, 2.24) is 15.1 Å². The Morgan fingerprint density at radius 1 is 1.06 bits per heavy atom. The van der Waals surface area contributed by atoms with Crippen molar-refractivity contribution in [3.63, 3.8) is 0 Å². The summed E-state index contributed by atoms with van der Waals surface area (Å²) in [6, 6.07) is 15.5. The predicted molar refractivity (Wildman–Crippen MR) is 123 cm³/mol. The molecule has 164 valence electrons. The van der Waals surface area contributed by atoms with Gasteiger partial charge in [-0.3, -0.25) is 0 Å². The van der Waals surface area contributed by atoms with Crippen LogP contribution in [-0.4, -0.2) is 23.5 Å². The van der Waals surface area contributed by atoms with Gasteiger partial charge >= 0.3 is 0 Å². The van der Waals surface area contributed by atoms with Crippen molar-refractivity contribution >= 4 is 33.1 Å². The number of hydrogen-bond donors (Lipinski definition) is 3. The Balaban J connectivity index is 1.51. The number of nitrogens with zero attached hydrogens (tertiary/aromatic N) is 3. The lowest BCUT2D eigenvalue weighted by molar-refractivity contribution is 0.430. The molecule has 10 heteroatoms. The largest absolute Gasteiger partial charge is 0.399 e. The molecule has 0 aliphatic carbocycles. The molecule has 2 heterocycles. The lowest BCUT2D eigenvalue weighted by Gasteiger charge is -2.09. The maximum atomic E-state index is 12.7. The van der Waals surface area contributed by atoms with Gasteiger partial charge in [-0.2, -0.15) is 0 Å². The van der Waals surface area contributed by atoms with E-state index in [1.54, 1.807) is 31.2 Å². The van der Waals surface area contributed by atoms with Crippen LogP contribution in [0.4, 0.5) is 23.1 Å². The molecule has 4 N–H and O–H groups in total. The molecule has 0 saturated heterocycles. The summed E-state index contributed by atoms with van der Waals surface area (Å²) in [6.07, 6.45) is 2.06. The summed E-state index contributed by atoms with van der Waals surface area (Å²) in [5.74, 6) is 0.707. The molecule has 0 amide bonds. The third kappa shape index (κ3) is 4.54. The fraction of sp³-hybridized carbons (Fsp3) is 0.136. The van der Waals surface area contributed by atoms with E-state index in [2.05, 4.69) is 25.2 Å². The van der Waals surface area contributed by atoms with Crippen LogP contribution in [0.2, 0.25) is 0 Å². The van der Waals surface area contributed by atoms with E-state index in [0.717, 1.165) is 11.1 Å². The minimum atomic E-state index is -3.82. The summed E-state index contributed by atoms with van der Waals surface area (Å²) in [5, 5.41) is 6.98. The van der Waals surface area contributed by atoms with Crippen molar-refractivity contribution in [3.05, 3.63) is 72.2 Å². The van der Waals surface area contributed by atoms with Gasteiger partial charge in [0.2, 0.25) is 5.88 Å². The molecule has 0 unspecified atom stereocenters. The molecule has 2 aromatic carbocycles. The number of anilines is 4. The zero-order valence-corrected chi connectivity index (χ0v) is 18.3. The molecule has 0 atom stereocenters. The highest BCUT2D eigenvalue weighted by Gasteiger charge is 2.20. The monoisotopic (exact) mass is 450 g/mol. The fourth-order valence-corrected chi connectivity index (χ4v) is 4.23. The molecule has 0 aliphatic heterocycles. The van der Waals surface area contributed by atoms with Gasteiger partial charge in [0.15, 0.2) is 0 Å². The standard InChI is InChI=1S/C22H22N6O3S/c1-3-19-14(2)27-31-22(19)28-32(29,30)18-9-7-17(8-10-18)26-21-12-20(24-13-25-21)15-5-4-6-16(23)11-15/h4-13,28H,3,23H2,1-2H3,(H,24,25,26). The Bertz CT molecular complexity index is 1350. The Hall–Kier alpha value is -3.92. The summed E-state index contributed by atoms with van der Waals surface area (Å²) in [6.45, 7) is 3.68. The smallest absolute Gasteiger partial charge is 0.264 e. The van der Waals surface area contributed by atoms with E-state index in [9.17, 15) is 8.42 Å². The van der Waals surface area contributed by atoms with Crippen LogP contribution in [-0.2, 0) is 16.4 Å². The number of hydrogen-bond acceptors (Lipinski definition) is 8. The summed E-state index contributed by atoms with van der Waals surface area (Å²) in [5.41, 5.74) is 10.1. The molecular weight excluding hydrogens is 428 g/mol. The van der Waals surface area contributed by atoms with Crippen molar-refractivity contribution in [3.8, 4) is 11.3 Å². The van der Waals surface area contributed by atoms with Gasteiger partial charge < -0.3 is 15.6 Å². The Labute approximate surface area is 185 Å². The highest BCUT2D eigenvalue weighted by Crippen LogP contribution is 2.25. The number of sulfonamides is 1. The summed E-state index contributed by atoms with van der Waals surface area (Å²) < 4.78 is 33.0. The molecule has 4 aromatic rings. The fourth-order valence-electron chi connectivity index (χ4n) is 3.21. The van der Waals surface area contributed by atoms with E-state index in [4.69, 9.17) is 10.3 Å². The number of nitrogen functional groups attached to an aromatic ring is 1. The Morgan fingerprint density at radius 3 is 2.56 bits per heavy atom. The molecule has 4 rings (SSSR count). The van der Waals surface area contributed by atoms with Gasteiger partial charge in [-0.15, -0.1) is 0 Å². The zero-order valence-electron chi connectivity index (χ0n) is 17.5. The summed E-state index contributed by atoms with van der Waals surface area (Å²) >= 11 is 0.